The van der Waals surface area contributed by atoms with Crippen LogP contribution in [0.25, 0.3) is 10.9 Å². The second kappa shape index (κ2) is 8.16. The van der Waals surface area contributed by atoms with Gasteiger partial charge in [0, 0.05) is 46.1 Å². The molecule has 0 saturated heterocycles. The number of fused-ring (bicyclic) bond motifs is 1. The van der Waals surface area contributed by atoms with Crippen LogP contribution in [0.4, 0.5) is 0 Å². The van der Waals surface area contributed by atoms with E-state index in [9.17, 15) is 14.7 Å². The van der Waals surface area contributed by atoms with Crippen molar-refractivity contribution in [2.24, 2.45) is 11.3 Å². The van der Waals surface area contributed by atoms with Gasteiger partial charge in [-0.1, -0.05) is 31.9 Å². The first kappa shape index (κ1) is 21.6. The summed E-state index contributed by atoms with van der Waals surface area (Å²) >= 11 is 6.03. The molecule has 31 heavy (non-hydrogen) atoms. The first-order valence-corrected chi connectivity index (χ1v) is 11.2. The van der Waals surface area contributed by atoms with E-state index in [-0.39, 0.29) is 17.3 Å². The van der Waals surface area contributed by atoms with E-state index >= 15 is 0 Å². The maximum absolute atomic E-state index is 13.7. The molecule has 0 radical (unpaired) electrons. The summed E-state index contributed by atoms with van der Waals surface area (Å²) in [6, 6.07) is 12.1. The molecule has 4 rings (SSSR count). The van der Waals surface area contributed by atoms with Crippen LogP contribution in [-0.4, -0.2) is 21.2 Å². The Balaban J connectivity index is 1.95. The lowest BCUT2D eigenvalue weighted by atomic mass is 9.82. The zero-order valence-corrected chi connectivity index (χ0v) is 19.0. The van der Waals surface area contributed by atoms with Crippen LogP contribution in [0.3, 0.4) is 0 Å². The lowest BCUT2D eigenvalue weighted by molar-refractivity contribution is -0.124. The summed E-state index contributed by atoms with van der Waals surface area (Å²) in [5.74, 6) is 0.716. The monoisotopic (exact) mass is 437 g/mol. The van der Waals surface area contributed by atoms with Crippen molar-refractivity contribution in [3.63, 3.8) is 0 Å². The molecule has 1 N–H and O–H groups in total. The smallest absolute Gasteiger partial charge is 0.195 e. The molecule has 0 amide bonds. The van der Waals surface area contributed by atoms with Gasteiger partial charge < -0.3 is 9.67 Å². The average molecular weight is 438 g/mol. The molecule has 1 aliphatic carbocycles. The van der Waals surface area contributed by atoms with Gasteiger partial charge in [0.05, 0.1) is 11.1 Å². The average Bonchev–Trinajstić information content (AvgIpc) is 2.96. The lowest BCUT2D eigenvalue weighted by Gasteiger charge is -2.29. The zero-order chi connectivity index (χ0) is 22.3. The van der Waals surface area contributed by atoms with Crippen molar-refractivity contribution in [3.05, 3.63) is 64.3 Å². The highest BCUT2D eigenvalue weighted by atomic mass is 35.5. The molecule has 1 saturated carbocycles. The van der Waals surface area contributed by atoms with E-state index in [1.807, 2.05) is 19.9 Å². The fourth-order valence-corrected chi connectivity index (χ4v) is 4.38. The Bertz CT molecular complexity index is 1150. The second-order valence-corrected chi connectivity index (χ2v) is 9.82. The van der Waals surface area contributed by atoms with Crippen molar-refractivity contribution in [2.45, 2.75) is 53.0 Å². The number of phenols is 1. The van der Waals surface area contributed by atoms with Crippen molar-refractivity contribution < 1.29 is 14.7 Å². The van der Waals surface area contributed by atoms with Gasteiger partial charge in [-0.3, -0.25) is 9.59 Å². The van der Waals surface area contributed by atoms with Gasteiger partial charge in [0.2, 0.25) is 0 Å². The van der Waals surface area contributed by atoms with Gasteiger partial charge >= 0.3 is 0 Å². The number of Topliss-reactive ketones (excluding diaryl/α,β-unsaturated/α-hetero) is 1. The van der Waals surface area contributed by atoms with Crippen LogP contribution in [-0.2, 0) is 17.8 Å². The second-order valence-electron chi connectivity index (χ2n) is 9.38. The Labute approximate surface area is 187 Å². The van der Waals surface area contributed by atoms with Gasteiger partial charge in [0.25, 0.3) is 0 Å². The third kappa shape index (κ3) is 4.14. The summed E-state index contributed by atoms with van der Waals surface area (Å²) in [6.07, 6.45) is 4.00. The number of hydrogen-bond donors (Lipinski definition) is 1. The number of benzene rings is 2. The number of carbonyl (C=O) groups excluding carboxylic acids is 2. The van der Waals surface area contributed by atoms with Crippen molar-refractivity contribution in [2.75, 3.05) is 0 Å². The molecule has 1 aliphatic rings. The van der Waals surface area contributed by atoms with E-state index in [2.05, 4.69) is 4.57 Å². The third-order valence-electron chi connectivity index (χ3n) is 6.72. The predicted octanol–water partition coefficient (Wildman–Crippen LogP) is 6.19. The molecule has 1 heterocycles. The molecular formula is C26H28ClNO3. The largest absolute Gasteiger partial charge is 0.508 e. The van der Waals surface area contributed by atoms with Crippen LogP contribution < -0.4 is 0 Å². The quantitative estimate of drug-likeness (QED) is 0.448. The molecule has 3 aromatic rings. The van der Waals surface area contributed by atoms with Gasteiger partial charge in [-0.15, -0.1) is 0 Å². The maximum Gasteiger partial charge on any atom is 0.195 e. The van der Waals surface area contributed by atoms with Crippen molar-refractivity contribution >= 4 is 34.1 Å². The number of hydrogen-bond acceptors (Lipinski definition) is 3. The first-order valence-electron chi connectivity index (χ1n) is 10.8. The van der Waals surface area contributed by atoms with Gasteiger partial charge in [-0.2, -0.15) is 0 Å². The highest BCUT2D eigenvalue weighted by Gasteiger charge is 2.32. The van der Waals surface area contributed by atoms with Crippen molar-refractivity contribution in [3.8, 4) is 5.75 Å². The molecule has 0 spiro atoms. The van der Waals surface area contributed by atoms with Crippen LogP contribution in [0.1, 0.15) is 61.6 Å². The number of halogens is 1. The topological polar surface area (TPSA) is 59.3 Å². The number of carbonyl (C=O) groups is 2. The minimum absolute atomic E-state index is 0.0840. The fourth-order valence-electron chi connectivity index (χ4n) is 4.26. The number of phenolic OH excluding ortho intramolecular Hbond substituents is 1. The van der Waals surface area contributed by atoms with Gasteiger partial charge in [0.1, 0.15) is 11.5 Å². The Kier molecular flexibility index (Phi) is 5.69. The van der Waals surface area contributed by atoms with E-state index in [0.29, 0.717) is 28.5 Å². The van der Waals surface area contributed by atoms with E-state index < -0.39 is 5.41 Å². The van der Waals surface area contributed by atoms with E-state index in [1.165, 1.54) is 6.42 Å². The molecule has 1 aromatic heterocycles. The summed E-state index contributed by atoms with van der Waals surface area (Å²) in [5, 5.41) is 11.6. The SMILES string of the molecule is CC(=O)C(C)(C)Cc1c(C(=O)c2ccc(Cl)cc2)c2ccc(O)cc2n1CC1CCC1. The van der Waals surface area contributed by atoms with Crippen LogP contribution in [0.15, 0.2) is 42.5 Å². The molecule has 0 bridgehead atoms. The first-order chi connectivity index (χ1) is 14.7. The molecule has 0 aliphatic heterocycles. The molecule has 162 valence electrons. The molecular weight excluding hydrogens is 410 g/mol. The number of aromatic nitrogens is 1. The molecule has 1 fully saturated rings. The summed E-state index contributed by atoms with van der Waals surface area (Å²) in [5.41, 5.74) is 2.28. The summed E-state index contributed by atoms with van der Waals surface area (Å²) < 4.78 is 2.17. The Morgan fingerprint density at radius 3 is 2.39 bits per heavy atom. The van der Waals surface area contributed by atoms with Crippen molar-refractivity contribution in [1.29, 1.82) is 0 Å². The van der Waals surface area contributed by atoms with Crippen LogP contribution in [0.5, 0.6) is 5.75 Å². The van der Waals surface area contributed by atoms with Gasteiger partial charge in [-0.25, -0.2) is 0 Å². The minimum Gasteiger partial charge on any atom is -0.508 e. The predicted molar refractivity (Wildman–Crippen MR) is 124 cm³/mol. The molecule has 2 aromatic carbocycles. The molecule has 0 atom stereocenters. The van der Waals surface area contributed by atoms with Crippen LogP contribution in [0, 0.1) is 11.3 Å². The highest BCUT2D eigenvalue weighted by Crippen LogP contribution is 2.38. The van der Waals surface area contributed by atoms with E-state index in [1.54, 1.807) is 43.3 Å². The maximum atomic E-state index is 13.7. The Morgan fingerprint density at radius 2 is 1.81 bits per heavy atom. The summed E-state index contributed by atoms with van der Waals surface area (Å²) in [4.78, 5) is 26.1. The normalized spacial score (nSPS) is 14.6. The number of rotatable bonds is 7. The number of nitrogens with zero attached hydrogens (tertiary/aromatic N) is 1. The highest BCUT2D eigenvalue weighted by molar-refractivity contribution is 6.30. The molecule has 0 unspecified atom stereocenters. The standard InChI is InChI=1S/C26H28ClNO3/c1-16(29)26(2,3)14-23-24(25(31)18-7-9-19(27)10-8-18)21-12-11-20(30)13-22(21)28(23)15-17-5-4-6-17/h7-13,17,30H,4-6,14-15H2,1-3H3. The van der Waals surface area contributed by atoms with Crippen LogP contribution in [0.2, 0.25) is 5.02 Å². The number of aromatic hydroxyl groups is 1. The number of ketones is 2. The summed E-state index contributed by atoms with van der Waals surface area (Å²) in [6.45, 7) is 6.24. The van der Waals surface area contributed by atoms with Crippen molar-refractivity contribution in [1.82, 2.24) is 4.57 Å². The zero-order valence-electron chi connectivity index (χ0n) is 18.2. The molecule has 5 heteroatoms. The third-order valence-corrected chi connectivity index (χ3v) is 6.97. The van der Waals surface area contributed by atoms with Gasteiger partial charge in [0.15, 0.2) is 5.78 Å². The van der Waals surface area contributed by atoms with Crippen LogP contribution >= 0.6 is 11.6 Å². The van der Waals surface area contributed by atoms with Gasteiger partial charge in [-0.05, 0) is 62.1 Å². The van der Waals surface area contributed by atoms with E-state index in [4.69, 9.17) is 11.6 Å². The minimum atomic E-state index is -0.608. The van der Waals surface area contributed by atoms with E-state index in [0.717, 1.165) is 36.0 Å². The lowest BCUT2D eigenvalue weighted by Crippen LogP contribution is -2.28. The summed E-state index contributed by atoms with van der Waals surface area (Å²) in [7, 11) is 0. The molecule has 4 nitrogen and oxygen atoms in total. The Hall–Kier alpha value is -2.59. The fraction of sp³-hybridized carbons (Fsp3) is 0.385. The Morgan fingerprint density at radius 1 is 1.13 bits per heavy atom.